The smallest absolute Gasteiger partial charge is 0.108 e. The number of fused-ring (bicyclic) bond motifs is 1. The second-order valence-corrected chi connectivity index (χ2v) is 3.19. The molecule has 0 amide bonds. The van der Waals surface area contributed by atoms with Crippen LogP contribution in [-0.4, -0.2) is 16.3 Å². The number of hydrogen-bond acceptors (Lipinski definition) is 2. The number of nitrogens with one attached hydrogen (secondary N) is 2. The van der Waals surface area contributed by atoms with E-state index in [1.165, 1.54) is 11.4 Å². The van der Waals surface area contributed by atoms with E-state index in [4.69, 9.17) is 0 Å². The number of nitrogens with zero attached hydrogens (tertiary/aromatic N) is 1. The Balaban J connectivity index is 0.000000336. The number of aromatic nitrogens is 1. The van der Waals surface area contributed by atoms with Gasteiger partial charge in [-0.15, -0.1) is 0 Å². The second kappa shape index (κ2) is 4.48. The minimum atomic E-state index is 0.901. The van der Waals surface area contributed by atoms with Gasteiger partial charge in [-0.2, -0.15) is 0 Å². The largest absolute Gasteiger partial charge is 0.358 e. The van der Waals surface area contributed by atoms with E-state index >= 15 is 0 Å². The van der Waals surface area contributed by atoms with Gasteiger partial charge in [-0.05, 0) is 6.07 Å². The van der Waals surface area contributed by atoms with Crippen molar-refractivity contribution in [1.29, 1.82) is 0 Å². The molecule has 1 atom stereocenters. The van der Waals surface area contributed by atoms with E-state index in [1.807, 2.05) is 20.0 Å². The van der Waals surface area contributed by atoms with E-state index in [9.17, 15) is 0 Å². The molecular formula is C8H16N3P. The summed E-state index contributed by atoms with van der Waals surface area (Å²) in [5, 5.41) is 3.24. The third-order valence-corrected chi connectivity index (χ3v) is 2.03. The van der Waals surface area contributed by atoms with Crippen molar-refractivity contribution < 1.29 is 0 Å². The maximum atomic E-state index is 3.24. The van der Waals surface area contributed by atoms with Crippen molar-refractivity contribution in [2.75, 3.05) is 12.0 Å². The lowest BCUT2D eigenvalue weighted by Gasteiger charge is -2.23. The summed E-state index contributed by atoms with van der Waals surface area (Å²) in [6.07, 6.45) is 1.96. The van der Waals surface area contributed by atoms with E-state index in [2.05, 4.69) is 30.4 Å². The number of aromatic amines is 1. The Morgan fingerprint density at radius 1 is 1.50 bits per heavy atom. The molecular weight excluding hydrogens is 169 g/mol. The SMILES string of the molecule is CC.PN1CNc2[nH]ccc2C1. The van der Waals surface area contributed by atoms with Crippen LogP contribution in [0.4, 0.5) is 5.82 Å². The third kappa shape index (κ3) is 1.99. The van der Waals surface area contributed by atoms with Gasteiger partial charge in [0.2, 0.25) is 0 Å². The van der Waals surface area contributed by atoms with Gasteiger partial charge in [0.25, 0.3) is 0 Å². The average molecular weight is 185 g/mol. The van der Waals surface area contributed by atoms with Crippen LogP contribution in [0.1, 0.15) is 19.4 Å². The van der Waals surface area contributed by atoms with Gasteiger partial charge in [0.05, 0.1) is 6.67 Å². The Morgan fingerprint density at radius 3 is 3.00 bits per heavy atom. The zero-order chi connectivity index (χ0) is 8.97. The molecule has 0 aromatic carbocycles. The summed E-state index contributed by atoms with van der Waals surface area (Å²) in [4.78, 5) is 3.13. The Kier molecular flexibility index (Phi) is 3.57. The van der Waals surface area contributed by atoms with Gasteiger partial charge in [-0.1, -0.05) is 23.2 Å². The minimum absolute atomic E-state index is 0.901. The normalized spacial score (nSPS) is 15.6. The van der Waals surface area contributed by atoms with Gasteiger partial charge in [-0.3, -0.25) is 4.67 Å². The number of anilines is 1. The minimum Gasteiger partial charge on any atom is -0.358 e. The molecule has 0 saturated heterocycles. The molecule has 1 unspecified atom stereocenters. The van der Waals surface area contributed by atoms with Crippen molar-refractivity contribution in [3.63, 3.8) is 0 Å². The van der Waals surface area contributed by atoms with Crippen LogP contribution >= 0.6 is 9.39 Å². The number of hydrogen-bond donors (Lipinski definition) is 2. The number of H-pyrrole nitrogens is 1. The predicted octanol–water partition coefficient (Wildman–Crippen LogP) is 2.02. The van der Waals surface area contributed by atoms with Gasteiger partial charge in [-0.25, -0.2) is 0 Å². The van der Waals surface area contributed by atoms with Gasteiger partial charge in [0.15, 0.2) is 0 Å². The van der Waals surface area contributed by atoms with Crippen LogP contribution in [-0.2, 0) is 6.54 Å². The fourth-order valence-corrected chi connectivity index (χ4v) is 1.44. The van der Waals surface area contributed by atoms with Gasteiger partial charge >= 0.3 is 0 Å². The fourth-order valence-electron chi connectivity index (χ4n) is 1.15. The monoisotopic (exact) mass is 185 g/mol. The zero-order valence-electron chi connectivity index (χ0n) is 7.59. The summed E-state index contributed by atoms with van der Waals surface area (Å²) >= 11 is 0. The molecule has 0 aliphatic carbocycles. The van der Waals surface area contributed by atoms with E-state index in [1.54, 1.807) is 0 Å². The van der Waals surface area contributed by atoms with Crippen LogP contribution in [0.3, 0.4) is 0 Å². The van der Waals surface area contributed by atoms with Crippen LogP contribution in [0.15, 0.2) is 12.3 Å². The maximum absolute atomic E-state index is 3.24. The standard InChI is InChI=1S/C6H10N3P.C2H6/c10-9-3-5-1-2-7-6(5)8-4-9;1-2/h1-2,7-8H,3-4,10H2;1-2H3. The van der Waals surface area contributed by atoms with Crippen molar-refractivity contribution in [1.82, 2.24) is 9.65 Å². The maximum Gasteiger partial charge on any atom is 0.108 e. The van der Waals surface area contributed by atoms with E-state index in [-0.39, 0.29) is 0 Å². The molecule has 0 fully saturated rings. The highest BCUT2D eigenvalue weighted by atomic mass is 31.0. The lowest BCUT2D eigenvalue weighted by molar-refractivity contribution is 0.482. The van der Waals surface area contributed by atoms with Crippen molar-refractivity contribution in [3.05, 3.63) is 17.8 Å². The summed E-state index contributed by atoms with van der Waals surface area (Å²) in [5.41, 5.74) is 1.33. The van der Waals surface area contributed by atoms with Crippen LogP contribution in [0, 0.1) is 0 Å². The quantitative estimate of drug-likeness (QED) is 0.606. The van der Waals surface area contributed by atoms with Crippen LogP contribution in [0.5, 0.6) is 0 Å². The average Bonchev–Trinajstić information content (AvgIpc) is 2.54. The molecule has 0 saturated carbocycles. The van der Waals surface area contributed by atoms with Crippen LogP contribution in [0.25, 0.3) is 0 Å². The Morgan fingerprint density at radius 2 is 2.25 bits per heavy atom. The highest BCUT2D eigenvalue weighted by Gasteiger charge is 2.11. The highest BCUT2D eigenvalue weighted by molar-refractivity contribution is 7.13. The molecule has 3 nitrogen and oxygen atoms in total. The van der Waals surface area contributed by atoms with Crippen LogP contribution < -0.4 is 5.32 Å². The summed E-state index contributed by atoms with van der Waals surface area (Å²) in [7, 11) is 2.68. The molecule has 2 N–H and O–H groups in total. The fraction of sp³-hybridized carbons (Fsp3) is 0.500. The Labute approximate surface area is 75.8 Å². The van der Waals surface area contributed by atoms with Gasteiger partial charge < -0.3 is 10.3 Å². The van der Waals surface area contributed by atoms with E-state index in [0.717, 1.165) is 13.2 Å². The molecule has 4 heteroatoms. The predicted molar refractivity (Wildman–Crippen MR) is 55.9 cm³/mol. The van der Waals surface area contributed by atoms with E-state index in [0.29, 0.717) is 0 Å². The summed E-state index contributed by atoms with van der Waals surface area (Å²) < 4.78 is 2.15. The molecule has 0 bridgehead atoms. The van der Waals surface area contributed by atoms with E-state index < -0.39 is 0 Å². The van der Waals surface area contributed by atoms with Crippen molar-refractivity contribution in [2.45, 2.75) is 20.4 Å². The molecule has 12 heavy (non-hydrogen) atoms. The first-order valence-electron chi connectivity index (χ1n) is 4.26. The first-order valence-corrected chi connectivity index (χ1v) is 4.77. The van der Waals surface area contributed by atoms with Crippen molar-refractivity contribution in [3.8, 4) is 0 Å². The molecule has 2 rings (SSSR count). The summed E-state index contributed by atoms with van der Waals surface area (Å²) in [5.74, 6) is 1.17. The van der Waals surface area contributed by atoms with Crippen molar-refractivity contribution in [2.24, 2.45) is 0 Å². The molecule has 1 aliphatic rings. The summed E-state index contributed by atoms with van der Waals surface area (Å²) in [6.45, 7) is 5.91. The molecule has 0 radical (unpaired) electrons. The Hall–Kier alpha value is -0.530. The topological polar surface area (TPSA) is 31.1 Å². The molecule has 1 aliphatic heterocycles. The molecule has 2 heterocycles. The van der Waals surface area contributed by atoms with Crippen molar-refractivity contribution >= 4 is 15.2 Å². The lowest BCUT2D eigenvalue weighted by Crippen LogP contribution is -2.24. The molecule has 1 aromatic rings. The Bertz CT molecular complexity index is 234. The second-order valence-electron chi connectivity index (χ2n) is 2.46. The first-order chi connectivity index (χ1) is 5.86. The van der Waals surface area contributed by atoms with Gasteiger partial charge in [0.1, 0.15) is 5.82 Å². The lowest BCUT2D eigenvalue weighted by atomic mass is 10.3. The zero-order valence-corrected chi connectivity index (χ0v) is 8.75. The van der Waals surface area contributed by atoms with Crippen LogP contribution in [0.2, 0.25) is 0 Å². The number of rotatable bonds is 0. The highest BCUT2D eigenvalue weighted by Crippen LogP contribution is 2.21. The summed E-state index contributed by atoms with van der Waals surface area (Å²) in [6, 6.07) is 2.10. The first kappa shape index (κ1) is 9.56. The van der Waals surface area contributed by atoms with Gasteiger partial charge in [0, 0.05) is 18.3 Å². The third-order valence-electron chi connectivity index (χ3n) is 1.67. The molecule has 0 spiro atoms. The molecule has 1 aromatic heterocycles. The molecule has 68 valence electrons.